The van der Waals surface area contributed by atoms with Gasteiger partial charge in [0.15, 0.2) is 0 Å². The standard InChI is InChI=1S/C18H22N2O3/c21-16-6-4-15(5-7-16)13-17(18(22)23)20-10-2-1-3-14-8-11-19-12-9-14/h4-9,11-12,17,20-21H,1-3,10,13H2,(H,22,23)/t17-/m0/s1. The van der Waals surface area contributed by atoms with Crippen LogP contribution >= 0.6 is 0 Å². The summed E-state index contributed by atoms with van der Waals surface area (Å²) in [7, 11) is 0. The highest BCUT2D eigenvalue weighted by molar-refractivity contribution is 5.73. The van der Waals surface area contributed by atoms with Gasteiger partial charge in [-0.25, -0.2) is 0 Å². The van der Waals surface area contributed by atoms with Crippen molar-refractivity contribution in [2.24, 2.45) is 0 Å². The van der Waals surface area contributed by atoms with Gasteiger partial charge in [-0.1, -0.05) is 12.1 Å². The molecule has 5 heteroatoms. The molecule has 0 fully saturated rings. The summed E-state index contributed by atoms with van der Waals surface area (Å²) in [5.74, 6) is -0.670. The summed E-state index contributed by atoms with van der Waals surface area (Å²) in [6.07, 6.45) is 6.86. The van der Waals surface area contributed by atoms with Crippen LogP contribution in [0.3, 0.4) is 0 Å². The number of rotatable bonds is 9. The molecule has 2 rings (SSSR count). The van der Waals surface area contributed by atoms with E-state index in [1.165, 1.54) is 5.56 Å². The molecule has 122 valence electrons. The van der Waals surface area contributed by atoms with Crippen LogP contribution in [0.15, 0.2) is 48.8 Å². The number of aromatic hydroxyl groups is 1. The molecule has 1 atom stereocenters. The highest BCUT2D eigenvalue weighted by atomic mass is 16.4. The average molecular weight is 314 g/mol. The van der Waals surface area contributed by atoms with Gasteiger partial charge in [-0.05, 0) is 67.6 Å². The number of hydrogen-bond acceptors (Lipinski definition) is 4. The number of carboxylic acid groups (broad SMARTS) is 1. The minimum absolute atomic E-state index is 0.185. The molecular weight excluding hydrogens is 292 g/mol. The maximum Gasteiger partial charge on any atom is 0.321 e. The van der Waals surface area contributed by atoms with Crippen molar-refractivity contribution in [1.29, 1.82) is 0 Å². The molecule has 1 aromatic heterocycles. The summed E-state index contributed by atoms with van der Waals surface area (Å²) in [5, 5.41) is 21.7. The molecular formula is C18H22N2O3. The number of pyridine rings is 1. The average Bonchev–Trinajstić information content (AvgIpc) is 2.56. The fraction of sp³-hybridized carbons (Fsp3) is 0.333. The van der Waals surface area contributed by atoms with E-state index >= 15 is 0 Å². The number of benzene rings is 1. The van der Waals surface area contributed by atoms with Crippen LogP contribution in [0.4, 0.5) is 0 Å². The number of phenols is 1. The number of hydrogen-bond donors (Lipinski definition) is 3. The van der Waals surface area contributed by atoms with E-state index in [2.05, 4.69) is 10.3 Å². The lowest BCUT2D eigenvalue weighted by Gasteiger charge is -2.14. The number of aromatic nitrogens is 1. The SMILES string of the molecule is O=C(O)[C@H](Cc1ccc(O)cc1)NCCCCc1ccncc1. The maximum absolute atomic E-state index is 11.3. The molecule has 0 saturated heterocycles. The lowest BCUT2D eigenvalue weighted by molar-refractivity contribution is -0.139. The lowest BCUT2D eigenvalue weighted by atomic mass is 10.1. The number of unbranched alkanes of at least 4 members (excludes halogenated alkanes) is 1. The van der Waals surface area contributed by atoms with E-state index in [9.17, 15) is 15.0 Å². The van der Waals surface area contributed by atoms with Crippen LogP contribution in [-0.2, 0) is 17.6 Å². The van der Waals surface area contributed by atoms with Crippen molar-refractivity contribution >= 4 is 5.97 Å². The third kappa shape index (κ3) is 6.08. The zero-order valence-electron chi connectivity index (χ0n) is 13.0. The highest BCUT2D eigenvalue weighted by Crippen LogP contribution is 2.11. The Labute approximate surface area is 136 Å². The Bertz CT molecular complexity index is 599. The molecule has 0 aliphatic rings. The number of nitrogens with zero attached hydrogens (tertiary/aromatic N) is 1. The Kier molecular flexibility index (Phi) is 6.56. The van der Waals surface area contributed by atoms with E-state index in [-0.39, 0.29) is 5.75 Å². The van der Waals surface area contributed by atoms with Gasteiger partial charge < -0.3 is 15.5 Å². The van der Waals surface area contributed by atoms with Crippen molar-refractivity contribution in [2.75, 3.05) is 6.54 Å². The predicted molar refractivity (Wildman–Crippen MR) is 88.4 cm³/mol. The van der Waals surface area contributed by atoms with Gasteiger partial charge in [0.25, 0.3) is 0 Å². The number of aryl methyl sites for hydroxylation is 1. The first-order valence-corrected chi connectivity index (χ1v) is 7.78. The summed E-state index contributed by atoms with van der Waals surface area (Å²) in [5.41, 5.74) is 2.14. The Morgan fingerprint density at radius 1 is 1.04 bits per heavy atom. The molecule has 0 saturated carbocycles. The van der Waals surface area contributed by atoms with Gasteiger partial charge in [0, 0.05) is 12.4 Å². The van der Waals surface area contributed by atoms with Gasteiger partial charge in [0.2, 0.25) is 0 Å². The fourth-order valence-corrected chi connectivity index (χ4v) is 2.39. The topological polar surface area (TPSA) is 82.5 Å². The number of carbonyl (C=O) groups is 1. The van der Waals surface area contributed by atoms with Crippen LogP contribution in [0.25, 0.3) is 0 Å². The molecule has 0 aliphatic carbocycles. The van der Waals surface area contributed by atoms with Crippen molar-refractivity contribution in [3.63, 3.8) is 0 Å². The van der Waals surface area contributed by atoms with E-state index in [0.29, 0.717) is 13.0 Å². The van der Waals surface area contributed by atoms with Crippen molar-refractivity contribution < 1.29 is 15.0 Å². The van der Waals surface area contributed by atoms with Crippen LogP contribution in [0, 0.1) is 0 Å². The van der Waals surface area contributed by atoms with Gasteiger partial charge in [0.05, 0.1) is 0 Å². The summed E-state index contributed by atoms with van der Waals surface area (Å²) in [6.45, 7) is 0.667. The Hall–Kier alpha value is -2.40. The van der Waals surface area contributed by atoms with Crippen LogP contribution in [0.2, 0.25) is 0 Å². The van der Waals surface area contributed by atoms with Crippen molar-refractivity contribution in [2.45, 2.75) is 31.7 Å². The largest absolute Gasteiger partial charge is 0.508 e. The maximum atomic E-state index is 11.3. The summed E-state index contributed by atoms with van der Waals surface area (Å²) >= 11 is 0. The minimum Gasteiger partial charge on any atom is -0.508 e. The molecule has 3 N–H and O–H groups in total. The molecule has 0 bridgehead atoms. The van der Waals surface area contributed by atoms with Crippen LogP contribution in [0.5, 0.6) is 5.75 Å². The second-order valence-electron chi connectivity index (χ2n) is 5.53. The number of nitrogens with one attached hydrogen (secondary N) is 1. The molecule has 0 radical (unpaired) electrons. The van der Waals surface area contributed by atoms with Gasteiger partial charge in [-0.15, -0.1) is 0 Å². The Morgan fingerprint density at radius 2 is 1.74 bits per heavy atom. The first kappa shape index (κ1) is 17.0. The second kappa shape index (κ2) is 8.90. The monoisotopic (exact) mass is 314 g/mol. The lowest BCUT2D eigenvalue weighted by Crippen LogP contribution is -2.39. The smallest absolute Gasteiger partial charge is 0.321 e. The Morgan fingerprint density at radius 3 is 2.39 bits per heavy atom. The van der Waals surface area contributed by atoms with Gasteiger partial charge in [-0.3, -0.25) is 9.78 Å². The van der Waals surface area contributed by atoms with E-state index < -0.39 is 12.0 Å². The van der Waals surface area contributed by atoms with Crippen molar-refractivity contribution in [3.8, 4) is 5.75 Å². The van der Waals surface area contributed by atoms with Gasteiger partial charge >= 0.3 is 5.97 Å². The van der Waals surface area contributed by atoms with Crippen LogP contribution in [-0.4, -0.2) is 33.8 Å². The zero-order valence-corrected chi connectivity index (χ0v) is 13.0. The molecule has 1 aromatic carbocycles. The molecule has 0 spiro atoms. The van der Waals surface area contributed by atoms with E-state index in [1.807, 2.05) is 12.1 Å². The molecule has 1 heterocycles. The first-order valence-electron chi connectivity index (χ1n) is 7.78. The normalized spacial score (nSPS) is 12.0. The Balaban J connectivity index is 1.72. The molecule has 5 nitrogen and oxygen atoms in total. The van der Waals surface area contributed by atoms with Crippen molar-refractivity contribution in [1.82, 2.24) is 10.3 Å². The minimum atomic E-state index is -0.854. The van der Waals surface area contributed by atoms with E-state index in [1.54, 1.807) is 36.7 Å². The summed E-state index contributed by atoms with van der Waals surface area (Å²) in [4.78, 5) is 15.3. The highest BCUT2D eigenvalue weighted by Gasteiger charge is 2.16. The second-order valence-corrected chi connectivity index (χ2v) is 5.53. The third-order valence-electron chi connectivity index (χ3n) is 3.71. The number of carboxylic acids is 1. The van der Waals surface area contributed by atoms with Gasteiger partial charge in [-0.2, -0.15) is 0 Å². The first-order chi connectivity index (χ1) is 11.1. The van der Waals surface area contributed by atoms with Crippen LogP contribution in [0.1, 0.15) is 24.0 Å². The molecule has 23 heavy (non-hydrogen) atoms. The quantitative estimate of drug-likeness (QED) is 0.619. The fourth-order valence-electron chi connectivity index (χ4n) is 2.39. The zero-order chi connectivity index (χ0) is 16.5. The molecule has 0 unspecified atom stereocenters. The predicted octanol–water partition coefficient (Wildman–Crippen LogP) is 2.40. The molecule has 2 aromatic rings. The molecule has 0 aliphatic heterocycles. The van der Waals surface area contributed by atoms with E-state index in [4.69, 9.17) is 0 Å². The van der Waals surface area contributed by atoms with Crippen LogP contribution < -0.4 is 5.32 Å². The van der Waals surface area contributed by atoms with E-state index in [0.717, 1.165) is 24.8 Å². The number of phenolic OH excluding ortho intramolecular Hbond substituents is 1. The van der Waals surface area contributed by atoms with Crippen molar-refractivity contribution in [3.05, 3.63) is 59.9 Å². The van der Waals surface area contributed by atoms with Gasteiger partial charge in [0.1, 0.15) is 11.8 Å². The molecule has 0 amide bonds. The number of aliphatic carboxylic acids is 1. The summed E-state index contributed by atoms with van der Waals surface area (Å²) in [6, 6.07) is 10.0. The third-order valence-corrected chi connectivity index (χ3v) is 3.71. The summed E-state index contributed by atoms with van der Waals surface area (Å²) < 4.78 is 0.